The van der Waals surface area contributed by atoms with Gasteiger partial charge in [-0.3, -0.25) is 0 Å². The van der Waals surface area contributed by atoms with E-state index in [-0.39, 0.29) is 0 Å². The smallest absolute Gasteiger partial charge is 0.00683 e. The van der Waals surface area contributed by atoms with Crippen molar-refractivity contribution < 1.29 is 0 Å². The van der Waals surface area contributed by atoms with Crippen molar-refractivity contribution in [3.63, 3.8) is 0 Å². The molecule has 0 aromatic heterocycles. The maximum Gasteiger partial charge on any atom is 0.00683 e. The van der Waals surface area contributed by atoms with Crippen LogP contribution in [0.4, 0.5) is 0 Å². The minimum absolute atomic E-state index is 0.871. The quantitative estimate of drug-likeness (QED) is 0.816. The van der Waals surface area contributed by atoms with Crippen molar-refractivity contribution in [2.24, 2.45) is 11.8 Å². The van der Waals surface area contributed by atoms with Crippen molar-refractivity contribution in [3.05, 3.63) is 35.4 Å². The van der Waals surface area contributed by atoms with Gasteiger partial charge in [0.05, 0.1) is 0 Å². The van der Waals surface area contributed by atoms with Crippen LogP contribution in [-0.2, 0) is 6.42 Å². The van der Waals surface area contributed by atoms with Crippen LogP contribution < -0.4 is 5.32 Å². The molecule has 0 aliphatic heterocycles. The summed E-state index contributed by atoms with van der Waals surface area (Å²) in [6.45, 7) is 3.43. The molecule has 0 bridgehead atoms. The van der Waals surface area contributed by atoms with Crippen LogP contribution in [0.15, 0.2) is 24.3 Å². The third-order valence-electron chi connectivity index (χ3n) is 4.44. The second-order valence-corrected chi connectivity index (χ2v) is 5.97. The van der Waals surface area contributed by atoms with Crippen LogP contribution in [0.25, 0.3) is 0 Å². The molecule has 2 aliphatic rings. The summed E-state index contributed by atoms with van der Waals surface area (Å²) in [4.78, 5) is 0. The van der Waals surface area contributed by atoms with Gasteiger partial charge in [-0.2, -0.15) is 0 Å². The topological polar surface area (TPSA) is 12.0 Å². The van der Waals surface area contributed by atoms with Crippen molar-refractivity contribution in [2.75, 3.05) is 6.54 Å². The molecule has 1 aromatic carbocycles. The van der Waals surface area contributed by atoms with Gasteiger partial charge in [-0.1, -0.05) is 29.8 Å². The zero-order valence-electron chi connectivity index (χ0n) is 10.8. The summed E-state index contributed by atoms with van der Waals surface area (Å²) >= 11 is 0. The Balaban J connectivity index is 1.49. The van der Waals surface area contributed by atoms with Gasteiger partial charge in [-0.05, 0) is 63.0 Å². The fourth-order valence-electron chi connectivity index (χ4n) is 2.81. The Kier molecular flexibility index (Phi) is 3.19. The monoisotopic (exact) mass is 229 g/mol. The lowest BCUT2D eigenvalue weighted by atomic mass is 9.70. The standard InChI is InChI=1S/C16H23N/c1-12-2-4-13(5-3-12)10-14-6-7-15(14)11-17-16-8-9-16/h2-5,14-17H,6-11H2,1H3. The van der Waals surface area contributed by atoms with Crippen LogP contribution in [0.5, 0.6) is 0 Å². The fraction of sp³-hybridized carbons (Fsp3) is 0.625. The first-order chi connectivity index (χ1) is 8.31. The number of nitrogens with one attached hydrogen (secondary N) is 1. The molecule has 1 N–H and O–H groups in total. The highest BCUT2D eigenvalue weighted by molar-refractivity contribution is 5.22. The van der Waals surface area contributed by atoms with Crippen molar-refractivity contribution in [1.29, 1.82) is 0 Å². The highest BCUT2D eigenvalue weighted by atomic mass is 14.9. The van der Waals surface area contributed by atoms with Gasteiger partial charge in [0.15, 0.2) is 0 Å². The molecule has 2 aliphatic carbocycles. The molecule has 0 heterocycles. The maximum absolute atomic E-state index is 3.68. The maximum atomic E-state index is 3.68. The second-order valence-electron chi connectivity index (χ2n) is 5.97. The largest absolute Gasteiger partial charge is 0.314 e. The van der Waals surface area contributed by atoms with E-state index in [1.807, 2.05) is 0 Å². The van der Waals surface area contributed by atoms with Crippen molar-refractivity contribution in [3.8, 4) is 0 Å². The normalized spacial score (nSPS) is 27.8. The molecule has 0 spiro atoms. The van der Waals surface area contributed by atoms with Gasteiger partial charge in [0.1, 0.15) is 0 Å². The summed E-state index contributed by atoms with van der Waals surface area (Å²) in [5.41, 5.74) is 2.89. The van der Waals surface area contributed by atoms with Gasteiger partial charge in [0.25, 0.3) is 0 Å². The lowest BCUT2D eigenvalue weighted by molar-refractivity contribution is 0.170. The SMILES string of the molecule is Cc1ccc(CC2CCC2CNC2CC2)cc1. The zero-order valence-corrected chi connectivity index (χ0v) is 10.8. The van der Waals surface area contributed by atoms with Gasteiger partial charge in [0.2, 0.25) is 0 Å². The number of hydrogen-bond acceptors (Lipinski definition) is 1. The van der Waals surface area contributed by atoms with Crippen LogP contribution in [-0.4, -0.2) is 12.6 Å². The minimum Gasteiger partial charge on any atom is -0.314 e. The highest BCUT2D eigenvalue weighted by Gasteiger charge is 2.32. The number of benzene rings is 1. The van der Waals surface area contributed by atoms with Crippen LogP contribution in [0.2, 0.25) is 0 Å². The number of rotatable bonds is 5. The molecule has 1 heteroatoms. The van der Waals surface area contributed by atoms with Crippen LogP contribution in [0, 0.1) is 18.8 Å². The molecule has 2 atom stereocenters. The van der Waals surface area contributed by atoms with E-state index in [2.05, 4.69) is 36.5 Å². The Hall–Kier alpha value is -0.820. The lowest BCUT2D eigenvalue weighted by Gasteiger charge is -2.37. The van der Waals surface area contributed by atoms with E-state index in [4.69, 9.17) is 0 Å². The minimum atomic E-state index is 0.871. The number of hydrogen-bond donors (Lipinski definition) is 1. The fourth-order valence-corrected chi connectivity index (χ4v) is 2.81. The van der Waals surface area contributed by atoms with Crippen molar-refractivity contribution in [2.45, 2.75) is 45.1 Å². The molecule has 17 heavy (non-hydrogen) atoms. The first-order valence-corrected chi connectivity index (χ1v) is 7.10. The second kappa shape index (κ2) is 4.81. The molecular weight excluding hydrogens is 206 g/mol. The average molecular weight is 229 g/mol. The Morgan fingerprint density at radius 1 is 1.00 bits per heavy atom. The summed E-state index contributed by atoms with van der Waals surface area (Å²) in [6, 6.07) is 9.96. The predicted octanol–water partition coefficient (Wildman–Crippen LogP) is 3.32. The third-order valence-corrected chi connectivity index (χ3v) is 4.44. The third kappa shape index (κ3) is 2.90. The first-order valence-electron chi connectivity index (χ1n) is 7.10. The molecule has 0 amide bonds. The van der Waals surface area contributed by atoms with Gasteiger partial charge in [-0.25, -0.2) is 0 Å². The average Bonchev–Trinajstić information content (AvgIpc) is 3.11. The zero-order chi connectivity index (χ0) is 11.7. The summed E-state index contributed by atoms with van der Waals surface area (Å²) in [6.07, 6.45) is 6.99. The van der Waals surface area contributed by atoms with Crippen molar-refractivity contribution >= 4 is 0 Å². The Morgan fingerprint density at radius 2 is 1.71 bits per heavy atom. The molecule has 0 saturated heterocycles. The first kappa shape index (κ1) is 11.3. The summed E-state index contributed by atoms with van der Waals surface area (Å²) in [5.74, 6) is 1.88. The summed E-state index contributed by atoms with van der Waals surface area (Å²) in [7, 11) is 0. The predicted molar refractivity (Wildman–Crippen MR) is 72.1 cm³/mol. The molecule has 0 radical (unpaired) electrons. The van der Waals surface area contributed by atoms with Crippen LogP contribution in [0.1, 0.15) is 36.8 Å². The molecule has 1 aromatic rings. The Bertz CT molecular complexity index is 364. The highest BCUT2D eigenvalue weighted by Crippen LogP contribution is 2.37. The summed E-state index contributed by atoms with van der Waals surface area (Å²) < 4.78 is 0. The van der Waals surface area contributed by atoms with E-state index in [0.717, 1.165) is 17.9 Å². The van der Waals surface area contributed by atoms with E-state index in [1.165, 1.54) is 49.8 Å². The van der Waals surface area contributed by atoms with Gasteiger partial charge in [-0.15, -0.1) is 0 Å². The van der Waals surface area contributed by atoms with Crippen LogP contribution in [0.3, 0.4) is 0 Å². The van der Waals surface area contributed by atoms with E-state index >= 15 is 0 Å². The van der Waals surface area contributed by atoms with E-state index in [0.29, 0.717) is 0 Å². The van der Waals surface area contributed by atoms with Crippen molar-refractivity contribution in [1.82, 2.24) is 5.32 Å². The van der Waals surface area contributed by atoms with Gasteiger partial charge >= 0.3 is 0 Å². The molecule has 2 saturated carbocycles. The molecule has 2 fully saturated rings. The Labute approximate surface area is 105 Å². The molecular formula is C16H23N. The van der Waals surface area contributed by atoms with Crippen LogP contribution >= 0.6 is 0 Å². The van der Waals surface area contributed by atoms with Gasteiger partial charge in [0, 0.05) is 6.04 Å². The molecule has 92 valence electrons. The van der Waals surface area contributed by atoms with E-state index in [9.17, 15) is 0 Å². The number of aryl methyl sites for hydroxylation is 1. The molecule has 2 unspecified atom stereocenters. The lowest BCUT2D eigenvalue weighted by Crippen LogP contribution is -2.37. The molecule has 3 rings (SSSR count). The summed E-state index contributed by atoms with van der Waals surface area (Å²) in [5, 5.41) is 3.68. The Morgan fingerprint density at radius 3 is 2.29 bits per heavy atom. The van der Waals surface area contributed by atoms with E-state index < -0.39 is 0 Å². The molecule has 1 nitrogen and oxygen atoms in total. The van der Waals surface area contributed by atoms with E-state index in [1.54, 1.807) is 0 Å². The van der Waals surface area contributed by atoms with Gasteiger partial charge < -0.3 is 5.32 Å².